The van der Waals surface area contributed by atoms with Gasteiger partial charge in [-0.1, -0.05) is 11.6 Å². The molecule has 1 aromatic rings. The van der Waals surface area contributed by atoms with Crippen LogP contribution in [0.3, 0.4) is 0 Å². The Balaban J connectivity index is 1.69. The third-order valence-electron chi connectivity index (χ3n) is 3.36. The van der Waals surface area contributed by atoms with E-state index in [-0.39, 0.29) is 0 Å². The summed E-state index contributed by atoms with van der Waals surface area (Å²) in [5.74, 6) is 0.731. The summed E-state index contributed by atoms with van der Waals surface area (Å²) in [6.07, 6.45) is 1.28. The second kappa shape index (κ2) is 3.17. The topological polar surface area (TPSA) is 42.1 Å². The van der Waals surface area contributed by atoms with E-state index >= 15 is 0 Å². The molecule has 0 amide bonds. The highest BCUT2D eigenvalue weighted by molar-refractivity contribution is 7.13. The molecule has 1 aromatic heterocycles. The maximum Gasteiger partial charge on any atom is 0.183 e. The average molecular weight is 230 g/mol. The standard InChI is InChI=1S/C9H12ClN3S/c10-9-12-6(4-14-9)3-13-2-5-1-7(13)8(5)11/h4-5,7-8H,1-3,11H2. The van der Waals surface area contributed by atoms with Gasteiger partial charge in [-0.25, -0.2) is 4.98 Å². The number of aromatic nitrogens is 1. The first kappa shape index (κ1) is 9.09. The molecule has 3 nitrogen and oxygen atoms in total. The van der Waals surface area contributed by atoms with Gasteiger partial charge in [-0.2, -0.15) is 0 Å². The van der Waals surface area contributed by atoms with Crippen LogP contribution in [0.2, 0.25) is 4.47 Å². The van der Waals surface area contributed by atoms with Crippen molar-refractivity contribution in [3.63, 3.8) is 0 Å². The average Bonchev–Trinajstić information content (AvgIpc) is 2.79. The Kier molecular flexibility index (Phi) is 2.06. The van der Waals surface area contributed by atoms with Crippen molar-refractivity contribution in [2.45, 2.75) is 25.0 Å². The lowest BCUT2D eigenvalue weighted by molar-refractivity contribution is 0.207. The first-order valence-corrected chi connectivity index (χ1v) is 6.09. The number of rotatable bonds is 2. The molecular formula is C9H12ClN3S. The minimum atomic E-state index is 0.407. The van der Waals surface area contributed by atoms with Crippen molar-refractivity contribution >= 4 is 22.9 Å². The molecule has 3 atom stereocenters. The van der Waals surface area contributed by atoms with E-state index in [2.05, 4.69) is 9.88 Å². The molecule has 5 heteroatoms. The van der Waals surface area contributed by atoms with Crippen molar-refractivity contribution in [3.05, 3.63) is 15.5 Å². The number of nitrogens with zero attached hydrogens (tertiary/aromatic N) is 2. The zero-order chi connectivity index (χ0) is 9.71. The van der Waals surface area contributed by atoms with Gasteiger partial charge in [0.1, 0.15) is 0 Å². The fourth-order valence-corrected chi connectivity index (χ4v) is 3.29. The Labute approximate surface area is 91.9 Å². The molecule has 3 heterocycles. The van der Waals surface area contributed by atoms with Gasteiger partial charge in [0.2, 0.25) is 0 Å². The van der Waals surface area contributed by atoms with Gasteiger partial charge in [0.05, 0.1) is 5.69 Å². The molecule has 0 aromatic carbocycles. The SMILES string of the molecule is NC1C2CC1N(Cc1csc(Cl)n1)C2. The van der Waals surface area contributed by atoms with E-state index in [4.69, 9.17) is 17.3 Å². The molecule has 1 aliphatic carbocycles. The normalized spacial score (nSPS) is 36.0. The molecule has 0 radical (unpaired) electrons. The Morgan fingerprint density at radius 1 is 1.71 bits per heavy atom. The van der Waals surface area contributed by atoms with Gasteiger partial charge in [0.15, 0.2) is 4.47 Å². The summed E-state index contributed by atoms with van der Waals surface area (Å²) < 4.78 is 0.635. The van der Waals surface area contributed by atoms with Crippen LogP contribution in [-0.2, 0) is 6.54 Å². The van der Waals surface area contributed by atoms with E-state index in [9.17, 15) is 0 Å². The number of thiazole rings is 1. The zero-order valence-electron chi connectivity index (χ0n) is 7.69. The number of halogens is 1. The summed E-state index contributed by atoms with van der Waals surface area (Å²) in [6.45, 7) is 2.05. The van der Waals surface area contributed by atoms with Crippen LogP contribution in [0.15, 0.2) is 5.38 Å². The summed E-state index contributed by atoms with van der Waals surface area (Å²) in [7, 11) is 0. The second-order valence-corrected chi connectivity index (χ2v) is 5.60. The monoisotopic (exact) mass is 229 g/mol. The van der Waals surface area contributed by atoms with Gasteiger partial charge in [-0.05, 0) is 12.3 Å². The van der Waals surface area contributed by atoms with Gasteiger partial charge in [0, 0.05) is 30.6 Å². The van der Waals surface area contributed by atoms with Crippen LogP contribution in [-0.4, -0.2) is 28.5 Å². The minimum Gasteiger partial charge on any atom is -0.326 e. The molecule has 2 N–H and O–H groups in total. The lowest BCUT2D eigenvalue weighted by atomic mass is 9.81. The number of hydrogen-bond acceptors (Lipinski definition) is 4. The fraction of sp³-hybridized carbons (Fsp3) is 0.667. The zero-order valence-corrected chi connectivity index (χ0v) is 9.26. The smallest absolute Gasteiger partial charge is 0.183 e. The molecule has 2 aliphatic heterocycles. The van der Waals surface area contributed by atoms with Crippen molar-refractivity contribution in [3.8, 4) is 0 Å². The minimum absolute atomic E-state index is 0.407. The first-order chi connectivity index (χ1) is 6.74. The van der Waals surface area contributed by atoms with E-state index in [1.54, 1.807) is 0 Å². The number of hydrogen-bond donors (Lipinski definition) is 1. The lowest BCUT2D eigenvalue weighted by Gasteiger charge is -2.33. The summed E-state index contributed by atoms with van der Waals surface area (Å²) >= 11 is 7.29. The Bertz CT molecular complexity index is 354. The maximum atomic E-state index is 5.99. The largest absolute Gasteiger partial charge is 0.326 e. The molecule has 3 unspecified atom stereocenters. The maximum absolute atomic E-state index is 5.99. The van der Waals surface area contributed by atoms with Crippen LogP contribution >= 0.6 is 22.9 Å². The van der Waals surface area contributed by atoms with Crippen LogP contribution in [0.1, 0.15) is 12.1 Å². The molecule has 2 bridgehead atoms. The molecule has 3 aliphatic rings. The van der Waals surface area contributed by atoms with Gasteiger partial charge < -0.3 is 5.73 Å². The van der Waals surface area contributed by atoms with Crippen LogP contribution in [0.5, 0.6) is 0 Å². The summed E-state index contributed by atoms with van der Waals surface area (Å²) in [4.78, 5) is 6.68. The van der Waals surface area contributed by atoms with E-state index in [1.807, 2.05) is 5.38 Å². The fourth-order valence-electron chi connectivity index (χ4n) is 2.51. The molecule has 3 fully saturated rings. The molecule has 76 valence electrons. The predicted molar refractivity (Wildman–Crippen MR) is 57.4 cm³/mol. The highest BCUT2D eigenvalue weighted by atomic mass is 35.5. The van der Waals surface area contributed by atoms with Gasteiger partial charge in [-0.15, -0.1) is 11.3 Å². The van der Waals surface area contributed by atoms with Crippen molar-refractivity contribution in [2.24, 2.45) is 11.7 Å². The Hall–Kier alpha value is -0.160. The quantitative estimate of drug-likeness (QED) is 0.832. The van der Waals surface area contributed by atoms with Gasteiger partial charge in [0.25, 0.3) is 0 Å². The molecular weight excluding hydrogens is 218 g/mol. The lowest BCUT2D eigenvalue weighted by Crippen LogP contribution is -2.49. The van der Waals surface area contributed by atoms with Crippen molar-refractivity contribution in [1.29, 1.82) is 0 Å². The van der Waals surface area contributed by atoms with Crippen LogP contribution in [0, 0.1) is 5.92 Å². The van der Waals surface area contributed by atoms with Crippen molar-refractivity contribution < 1.29 is 0 Å². The Morgan fingerprint density at radius 3 is 3.07 bits per heavy atom. The van der Waals surface area contributed by atoms with E-state index in [0.717, 1.165) is 24.7 Å². The summed E-state index contributed by atoms with van der Waals surface area (Å²) in [5, 5.41) is 2.03. The van der Waals surface area contributed by atoms with E-state index in [0.29, 0.717) is 16.6 Å². The Morgan fingerprint density at radius 2 is 2.57 bits per heavy atom. The number of nitrogens with two attached hydrogens (primary N) is 1. The van der Waals surface area contributed by atoms with Crippen molar-refractivity contribution in [2.75, 3.05) is 6.54 Å². The van der Waals surface area contributed by atoms with E-state index in [1.165, 1.54) is 17.8 Å². The van der Waals surface area contributed by atoms with Crippen LogP contribution in [0.25, 0.3) is 0 Å². The highest BCUT2D eigenvalue weighted by Crippen LogP contribution is 2.40. The molecule has 14 heavy (non-hydrogen) atoms. The van der Waals surface area contributed by atoms with Gasteiger partial charge in [-0.3, -0.25) is 4.90 Å². The van der Waals surface area contributed by atoms with Crippen molar-refractivity contribution in [1.82, 2.24) is 9.88 Å². The number of fused-ring (bicyclic) bond motifs is 1. The molecule has 2 saturated heterocycles. The molecule has 4 rings (SSSR count). The third kappa shape index (κ3) is 1.29. The second-order valence-electron chi connectivity index (χ2n) is 4.16. The van der Waals surface area contributed by atoms with E-state index < -0.39 is 0 Å². The highest BCUT2D eigenvalue weighted by Gasteiger charge is 2.49. The summed E-state index contributed by atoms with van der Waals surface area (Å²) in [6, 6.07) is 1.00. The van der Waals surface area contributed by atoms with Crippen LogP contribution in [0.4, 0.5) is 0 Å². The third-order valence-corrected chi connectivity index (χ3v) is 4.39. The summed E-state index contributed by atoms with van der Waals surface area (Å²) in [5.41, 5.74) is 7.07. The molecule has 0 spiro atoms. The molecule has 1 saturated carbocycles. The first-order valence-electron chi connectivity index (χ1n) is 4.83. The predicted octanol–water partition coefficient (Wildman–Crippen LogP) is 1.33. The van der Waals surface area contributed by atoms with Gasteiger partial charge >= 0.3 is 0 Å². The van der Waals surface area contributed by atoms with Crippen LogP contribution < -0.4 is 5.73 Å².